The van der Waals surface area contributed by atoms with Crippen molar-refractivity contribution in [1.29, 1.82) is 0 Å². The number of hydrogen-bond donors (Lipinski definition) is 0. The van der Waals surface area contributed by atoms with Gasteiger partial charge >= 0.3 is 0 Å². The van der Waals surface area contributed by atoms with Crippen molar-refractivity contribution in [3.63, 3.8) is 0 Å². The van der Waals surface area contributed by atoms with E-state index in [1.54, 1.807) is 0 Å². The highest BCUT2D eigenvalue weighted by Crippen LogP contribution is 2.17. The summed E-state index contributed by atoms with van der Waals surface area (Å²) in [5.41, 5.74) is 0. The van der Waals surface area contributed by atoms with Crippen molar-refractivity contribution in [3.05, 3.63) is 0 Å². The zero-order chi connectivity index (χ0) is 9.61. The molecule has 0 aliphatic rings. The van der Waals surface area contributed by atoms with Gasteiger partial charge in [0.25, 0.3) is 0 Å². The summed E-state index contributed by atoms with van der Waals surface area (Å²) in [5, 5.41) is 0. The van der Waals surface area contributed by atoms with Crippen molar-refractivity contribution >= 4 is 0 Å². The van der Waals surface area contributed by atoms with Crippen molar-refractivity contribution in [1.82, 2.24) is 0 Å². The number of ether oxygens (including phenoxy) is 2. The average Bonchev–Trinajstić information content (AvgIpc) is 2.02. The molecule has 0 aromatic rings. The van der Waals surface area contributed by atoms with E-state index < -0.39 is 0 Å². The predicted octanol–water partition coefficient (Wildman–Crippen LogP) is 2.82. The summed E-state index contributed by atoms with van der Waals surface area (Å²) >= 11 is 0. The van der Waals surface area contributed by atoms with E-state index >= 15 is 0 Å². The van der Waals surface area contributed by atoms with Crippen LogP contribution >= 0.6 is 0 Å². The Morgan fingerprint density at radius 2 is 1.75 bits per heavy atom. The minimum absolute atomic E-state index is 0.376. The second kappa shape index (κ2) is 5.55. The van der Waals surface area contributed by atoms with Gasteiger partial charge < -0.3 is 9.47 Å². The quantitative estimate of drug-likeness (QED) is 0.576. The van der Waals surface area contributed by atoms with Crippen molar-refractivity contribution in [2.75, 3.05) is 13.2 Å². The fourth-order valence-corrected chi connectivity index (χ4v) is 0.894. The molecule has 0 aromatic carbocycles. The van der Waals surface area contributed by atoms with Gasteiger partial charge in [0.2, 0.25) is 0 Å². The van der Waals surface area contributed by atoms with Gasteiger partial charge in [-0.15, -0.1) is 0 Å². The van der Waals surface area contributed by atoms with E-state index in [-0.39, 0.29) is 5.79 Å². The Hall–Kier alpha value is -0.0800. The summed E-state index contributed by atoms with van der Waals surface area (Å²) in [6, 6.07) is 0. The lowest BCUT2D eigenvalue weighted by Crippen LogP contribution is -2.32. The van der Waals surface area contributed by atoms with Gasteiger partial charge in [-0.25, -0.2) is 0 Å². The van der Waals surface area contributed by atoms with Gasteiger partial charge in [0.05, 0.1) is 6.61 Å². The van der Waals surface area contributed by atoms with Crippen LogP contribution in [0.2, 0.25) is 0 Å². The molecule has 0 heterocycles. The smallest absolute Gasteiger partial charge is 0.165 e. The van der Waals surface area contributed by atoms with Crippen LogP contribution in [-0.2, 0) is 9.47 Å². The molecule has 0 bridgehead atoms. The molecule has 0 saturated carbocycles. The second-order valence-electron chi connectivity index (χ2n) is 3.63. The van der Waals surface area contributed by atoms with E-state index in [0.717, 1.165) is 13.0 Å². The van der Waals surface area contributed by atoms with Crippen LogP contribution in [0.25, 0.3) is 0 Å². The van der Waals surface area contributed by atoms with E-state index in [0.29, 0.717) is 12.5 Å². The first-order chi connectivity index (χ1) is 5.54. The molecule has 1 unspecified atom stereocenters. The lowest BCUT2D eigenvalue weighted by molar-refractivity contribution is -0.228. The molecule has 0 saturated heterocycles. The third-order valence-corrected chi connectivity index (χ3v) is 1.81. The Labute approximate surface area is 76.3 Å². The summed E-state index contributed by atoms with van der Waals surface area (Å²) < 4.78 is 11.2. The topological polar surface area (TPSA) is 18.5 Å². The molecule has 0 rings (SSSR count). The van der Waals surface area contributed by atoms with Gasteiger partial charge in [-0.2, -0.15) is 0 Å². The molecular weight excluding hydrogens is 152 g/mol. The third-order valence-electron chi connectivity index (χ3n) is 1.81. The Bertz CT molecular complexity index is 112. The monoisotopic (exact) mass is 174 g/mol. The van der Waals surface area contributed by atoms with Crippen LogP contribution in [0.5, 0.6) is 0 Å². The highest BCUT2D eigenvalue weighted by Gasteiger charge is 2.22. The molecule has 74 valence electrons. The summed E-state index contributed by atoms with van der Waals surface area (Å²) in [6.45, 7) is 11.8. The van der Waals surface area contributed by atoms with E-state index in [9.17, 15) is 0 Å². The molecule has 0 radical (unpaired) electrons. The van der Waals surface area contributed by atoms with E-state index in [4.69, 9.17) is 9.47 Å². The van der Waals surface area contributed by atoms with Crippen molar-refractivity contribution in [2.24, 2.45) is 5.92 Å². The molecule has 1 atom stereocenters. The highest BCUT2D eigenvalue weighted by atomic mass is 16.7. The second-order valence-corrected chi connectivity index (χ2v) is 3.63. The fraction of sp³-hybridized carbons (Fsp3) is 1.00. The fourth-order valence-electron chi connectivity index (χ4n) is 0.894. The maximum Gasteiger partial charge on any atom is 0.165 e. The zero-order valence-electron chi connectivity index (χ0n) is 9.02. The summed E-state index contributed by atoms with van der Waals surface area (Å²) in [6.07, 6.45) is 0.896. The van der Waals surface area contributed by atoms with Crippen LogP contribution in [-0.4, -0.2) is 19.0 Å². The molecule has 2 heteroatoms. The van der Waals surface area contributed by atoms with Gasteiger partial charge in [-0.05, 0) is 26.2 Å². The Morgan fingerprint density at radius 1 is 1.17 bits per heavy atom. The molecule has 12 heavy (non-hydrogen) atoms. The van der Waals surface area contributed by atoms with Crippen LogP contribution in [0.4, 0.5) is 0 Å². The SMILES string of the molecule is CCOC(C)(CC)OCC(C)C. The molecule has 0 fully saturated rings. The summed E-state index contributed by atoms with van der Waals surface area (Å²) in [7, 11) is 0. The van der Waals surface area contributed by atoms with Gasteiger partial charge in [0.15, 0.2) is 5.79 Å². The molecule has 0 aromatic heterocycles. The molecule has 0 N–H and O–H groups in total. The zero-order valence-corrected chi connectivity index (χ0v) is 9.02. The van der Waals surface area contributed by atoms with E-state index in [2.05, 4.69) is 20.8 Å². The van der Waals surface area contributed by atoms with Gasteiger partial charge in [-0.1, -0.05) is 20.8 Å². The first-order valence-electron chi connectivity index (χ1n) is 4.82. The molecule has 0 aliphatic carbocycles. The normalized spacial score (nSPS) is 16.5. The standard InChI is InChI=1S/C10H22O2/c1-6-10(5,11-7-2)12-8-9(3)4/h9H,6-8H2,1-5H3. The van der Waals surface area contributed by atoms with Gasteiger partial charge in [0.1, 0.15) is 0 Å². The molecule has 2 nitrogen and oxygen atoms in total. The first-order valence-corrected chi connectivity index (χ1v) is 4.82. The van der Waals surface area contributed by atoms with Crippen LogP contribution in [0.15, 0.2) is 0 Å². The predicted molar refractivity (Wildman–Crippen MR) is 51.1 cm³/mol. The van der Waals surface area contributed by atoms with Crippen molar-refractivity contribution < 1.29 is 9.47 Å². The minimum Gasteiger partial charge on any atom is -0.351 e. The molecular formula is C10H22O2. The maximum atomic E-state index is 5.66. The molecule has 0 spiro atoms. The lowest BCUT2D eigenvalue weighted by Gasteiger charge is -2.29. The van der Waals surface area contributed by atoms with Crippen LogP contribution in [0.1, 0.15) is 41.0 Å². The number of hydrogen-bond acceptors (Lipinski definition) is 2. The Balaban J connectivity index is 3.78. The van der Waals surface area contributed by atoms with Gasteiger partial charge in [0, 0.05) is 6.61 Å². The van der Waals surface area contributed by atoms with Crippen molar-refractivity contribution in [3.8, 4) is 0 Å². The van der Waals surface area contributed by atoms with Crippen LogP contribution in [0.3, 0.4) is 0 Å². The maximum absolute atomic E-state index is 5.66. The Morgan fingerprint density at radius 3 is 2.08 bits per heavy atom. The average molecular weight is 174 g/mol. The Kier molecular flexibility index (Phi) is 5.51. The lowest BCUT2D eigenvalue weighted by atomic mass is 10.2. The van der Waals surface area contributed by atoms with Crippen LogP contribution < -0.4 is 0 Å². The van der Waals surface area contributed by atoms with E-state index in [1.165, 1.54) is 0 Å². The molecule has 0 amide bonds. The first kappa shape index (κ1) is 11.9. The largest absolute Gasteiger partial charge is 0.351 e. The minimum atomic E-state index is -0.376. The summed E-state index contributed by atoms with van der Waals surface area (Å²) in [4.78, 5) is 0. The van der Waals surface area contributed by atoms with Crippen molar-refractivity contribution in [2.45, 2.75) is 46.8 Å². The van der Waals surface area contributed by atoms with Crippen LogP contribution in [0, 0.1) is 5.92 Å². The number of rotatable bonds is 6. The third kappa shape index (κ3) is 4.73. The highest BCUT2D eigenvalue weighted by molar-refractivity contribution is 4.60. The van der Waals surface area contributed by atoms with Gasteiger partial charge in [-0.3, -0.25) is 0 Å². The molecule has 0 aliphatic heterocycles. The van der Waals surface area contributed by atoms with E-state index in [1.807, 2.05) is 13.8 Å². The summed E-state index contributed by atoms with van der Waals surface area (Å²) in [5.74, 6) is 0.190.